The summed E-state index contributed by atoms with van der Waals surface area (Å²) in [6.07, 6.45) is 0.322. The van der Waals surface area contributed by atoms with Crippen molar-refractivity contribution in [3.63, 3.8) is 0 Å². The number of rotatable bonds is 3. The first-order valence-corrected chi connectivity index (χ1v) is 6.19. The van der Waals surface area contributed by atoms with Crippen LogP contribution in [0, 0.1) is 18.6 Å². The van der Waals surface area contributed by atoms with Crippen LogP contribution < -0.4 is 5.73 Å². The Bertz CT molecular complexity index is 591. The lowest BCUT2D eigenvalue weighted by Crippen LogP contribution is -2.36. The molecule has 0 radical (unpaired) electrons. The van der Waals surface area contributed by atoms with Gasteiger partial charge < -0.3 is 5.73 Å². The summed E-state index contributed by atoms with van der Waals surface area (Å²) >= 11 is 0. The molecule has 2 aromatic carbocycles. The fourth-order valence-electron chi connectivity index (χ4n) is 2.09. The van der Waals surface area contributed by atoms with E-state index < -0.39 is 5.54 Å². The molecule has 0 aliphatic carbocycles. The highest BCUT2D eigenvalue weighted by Crippen LogP contribution is 2.25. The van der Waals surface area contributed by atoms with Crippen LogP contribution in [-0.2, 0) is 12.0 Å². The molecule has 1 unspecified atom stereocenters. The molecule has 0 fully saturated rings. The fourth-order valence-corrected chi connectivity index (χ4v) is 2.09. The summed E-state index contributed by atoms with van der Waals surface area (Å²) in [5.74, 6) is -0.575. The molecule has 0 bridgehead atoms. The second-order valence-electron chi connectivity index (χ2n) is 5.15. The number of nitrogens with two attached hydrogens (primary N) is 1. The standard InChI is InChI=1S/C16H17F2N/c1-11-7-8-13(9-15(11)18)16(2,19)10-12-5-3-4-6-14(12)17/h3-9H,10,19H2,1-2H3. The van der Waals surface area contributed by atoms with Crippen LogP contribution in [0.4, 0.5) is 8.78 Å². The molecule has 0 aliphatic rings. The first-order valence-electron chi connectivity index (χ1n) is 6.19. The Kier molecular flexibility index (Phi) is 3.67. The van der Waals surface area contributed by atoms with E-state index in [0.717, 1.165) is 0 Å². The van der Waals surface area contributed by atoms with E-state index in [0.29, 0.717) is 23.1 Å². The van der Waals surface area contributed by atoms with Crippen molar-refractivity contribution in [3.8, 4) is 0 Å². The predicted octanol–water partition coefficient (Wildman–Crippen LogP) is 3.69. The maximum absolute atomic E-state index is 13.6. The highest BCUT2D eigenvalue weighted by atomic mass is 19.1. The van der Waals surface area contributed by atoms with Gasteiger partial charge in [0.2, 0.25) is 0 Å². The third-order valence-electron chi connectivity index (χ3n) is 3.35. The van der Waals surface area contributed by atoms with E-state index in [1.165, 1.54) is 12.1 Å². The van der Waals surface area contributed by atoms with Gasteiger partial charge in [0.25, 0.3) is 0 Å². The normalized spacial score (nSPS) is 14.2. The third-order valence-corrected chi connectivity index (χ3v) is 3.35. The molecule has 0 spiro atoms. The summed E-state index contributed by atoms with van der Waals surface area (Å²) in [7, 11) is 0. The van der Waals surface area contributed by atoms with Gasteiger partial charge in [-0.05, 0) is 49.1 Å². The average Bonchev–Trinajstić information content (AvgIpc) is 2.35. The van der Waals surface area contributed by atoms with Gasteiger partial charge in [-0.1, -0.05) is 30.3 Å². The van der Waals surface area contributed by atoms with Crippen LogP contribution in [0.5, 0.6) is 0 Å². The van der Waals surface area contributed by atoms with Crippen LogP contribution in [-0.4, -0.2) is 0 Å². The lowest BCUT2D eigenvalue weighted by atomic mass is 9.86. The van der Waals surface area contributed by atoms with Crippen LogP contribution in [0.15, 0.2) is 42.5 Å². The molecule has 100 valence electrons. The van der Waals surface area contributed by atoms with Crippen LogP contribution in [0.1, 0.15) is 23.6 Å². The van der Waals surface area contributed by atoms with Gasteiger partial charge in [-0.3, -0.25) is 0 Å². The Hall–Kier alpha value is -1.74. The molecular formula is C16H17F2N. The van der Waals surface area contributed by atoms with Crippen LogP contribution in [0.2, 0.25) is 0 Å². The molecule has 0 aliphatic heterocycles. The molecule has 0 amide bonds. The Morgan fingerprint density at radius 2 is 1.74 bits per heavy atom. The molecule has 0 heterocycles. The zero-order valence-electron chi connectivity index (χ0n) is 11.1. The van der Waals surface area contributed by atoms with Gasteiger partial charge in [-0.15, -0.1) is 0 Å². The van der Waals surface area contributed by atoms with E-state index in [2.05, 4.69) is 0 Å². The van der Waals surface area contributed by atoms with Crippen molar-refractivity contribution in [3.05, 3.63) is 70.8 Å². The largest absolute Gasteiger partial charge is 0.321 e. The highest BCUT2D eigenvalue weighted by molar-refractivity contribution is 5.31. The minimum Gasteiger partial charge on any atom is -0.321 e. The first-order chi connectivity index (χ1) is 8.90. The van der Waals surface area contributed by atoms with Crippen molar-refractivity contribution < 1.29 is 8.78 Å². The zero-order chi connectivity index (χ0) is 14.0. The van der Waals surface area contributed by atoms with Crippen molar-refractivity contribution in [2.75, 3.05) is 0 Å². The van der Waals surface area contributed by atoms with Gasteiger partial charge in [-0.2, -0.15) is 0 Å². The van der Waals surface area contributed by atoms with Crippen molar-refractivity contribution in [2.24, 2.45) is 5.73 Å². The number of aryl methyl sites for hydroxylation is 1. The molecule has 1 atom stereocenters. The second kappa shape index (κ2) is 5.10. The van der Waals surface area contributed by atoms with Crippen LogP contribution in [0.3, 0.4) is 0 Å². The smallest absolute Gasteiger partial charge is 0.126 e. The number of benzene rings is 2. The van der Waals surface area contributed by atoms with Crippen molar-refractivity contribution >= 4 is 0 Å². The summed E-state index contributed by atoms with van der Waals surface area (Å²) in [4.78, 5) is 0. The Labute approximate surface area is 112 Å². The lowest BCUT2D eigenvalue weighted by molar-refractivity contribution is 0.471. The van der Waals surface area contributed by atoms with E-state index in [-0.39, 0.29) is 11.6 Å². The monoisotopic (exact) mass is 261 g/mol. The van der Waals surface area contributed by atoms with Crippen molar-refractivity contribution in [1.82, 2.24) is 0 Å². The topological polar surface area (TPSA) is 26.0 Å². The summed E-state index contributed by atoms with van der Waals surface area (Å²) in [5.41, 5.74) is 7.19. The molecule has 0 saturated carbocycles. The van der Waals surface area contributed by atoms with Gasteiger partial charge in [0.15, 0.2) is 0 Å². The molecule has 3 heteroatoms. The Morgan fingerprint density at radius 1 is 1.05 bits per heavy atom. The van der Waals surface area contributed by atoms with Crippen molar-refractivity contribution in [1.29, 1.82) is 0 Å². The number of hydrogen-bond acceptors (Lipinski definition) is 1. The highest BCUT2D eigenvalue weighted by Gasteiger charge is 2.23. The van der Waals surface area contributed by atoms with Gasteiger partial charge in [-0.25, -0.2) is 8.78 Å². The van der Waals surface area contributed by atoms with E-state index >= 15 is 0 Å². The molecule has 2 N–H and O–H groups in total. The molecule has 19 heavy (non-hydrogen) atoms. The Balaban J connectivity index is 2.32. The summed E-state index contributed by atoms with van der Waals surface area (Å²) in [6, 6.07) is 11.4. The molecule has 1 nitrogen and oxygen atoms in total. The fraction of sp³-hybridized carbons (Fsp3) is 0.250. The van der Waals surface area contributed by atoms with Crippen molar-refractivity contribution in [2.45, 2.75) is 25.8 Å². The predicted molar refractivity (Wildman–Crippen MR) is 72.8 cm³/mol. The Morgan fingerprint density at radius 3 is 2.37 bits per heavy atom. The van der Waals surface area contributed by atoms with E-state index in [9.17, 15) is 8.78 Å². The minimum atomic E-state index is -0.809. The van der Waals surface area contributed by atoms with Gasteiger partial charge >= 0.3 is 0 Å². The first kappa shape index (κ1) is 13.7. The SMILES string of the molecule is Cc1ccc(C(C)(N)Cc2ccccc2F)cc1F. The maximum atomic E-state index is 13.6. The lowest BCUT2D eigenvalue weighted by Gasteiger charge is -2.26. The average molecular weight is 261 g/mol. The summed E-state index contributed by atoms with van der Waals surface area (Å²) in [5, 5.41) is 0. The molecule has 2 aromatic rings. The zero-order valence-corrected chi connectivity index (χ0v) is 11.1. The molecular weight excluding hydrogens is 244 g/mol. The van der Waals surface area contributed by atoms with Crippen LogP contribution in [0.25, 0.3) is 0 Å². The second-order valence-corrected chi connectivity index (χ2v) is 5.15. The van der Waals surface area contributed by atoms with Gasteiger partial charge in [0.05, 0.1) is 0 Å². The van der Waals surface area contributed by atoms with Gasteiger partial charge in [0.1, 0.15) is 11.6 Å². The minimum absolute atomic E-state index is 0.285. The third kappa shape index (κ3) is 2.99. The quantitative estimate of drug-likeness (QED) is 0.896. The summed E-state index contributed by atoms with van der Waals surface area (Å²) < 4.78 is 27.2. The molecule has 0 aromatic heterocycles. The van der Waals surface area contributed by atoms with E-state index in [1.807, 2.05) is 0 Å². The van der Waals surface area contributed by atoms with Gasteiger partial charge in [0, 0.05) is 5.54 Å². The molecule has 0 saturated heterocycles. The number of halogens is 2. The maximum Gasteiger partial charge on any atom is 0.126 e. The van der Waals surface area contributed by atoms with E-state index in [1.54, 1.807) is 44.2 Å². The number of hydrogen-bond donors (Lipinski definition) is 1. The summed E-state index contributed by atoms with van der Waals surface area (Å²) in [6.45, 7) is 3.48. The van der Waals surface area contributed by atoms with E-state index in [4.69, 9.17) is 5.73 Å². The molecule has 2 rings (SSSR count). The van der Waals surface area contributed by atoms with Crippen LogP contribution >= 0.6 is 0 Å².